The van der Waals surface area contributed by atoms with Crippen molar-refractivity contribution in [2.75, 3.05) is 0 Å². The minimum absolute atomic E-state index is 0.176. The van der Waals surface area contributed by atoms with E-state index in [0.29, 0.717) is 5.69 Å². The standard InChI is InChI=1S/C12H10N2O2/c1-8-7-13-11(12(15)16)14-10(8)9-5-3-2-4-6-9/h2-7H,1H3,(H,15,16). The molecule has 0 amide bonds. The molecule has 1 aromatic heterocycles. The van der Waals surface area contributed by atoms with Gasteiger partial charge in [-0.1, -0.05) is 30.3 Å². The van der Waals surface area contributed by atoms with Crippen molar-refractivity contribution in [2.24, 2.45) is 0 Å². The van der Waals surface area contributed by atoms with E-state index in [9.17, 15) is 4.79 Å². The number of hydrogen-bond acceptors (Lipinski definition) is 3. The number of aromatic carboxylic acids is 1. The zero-order valence-corrected chi connectivity index (χ0v) is 8.71. The Morgan fingerprint density at radius 2 is 1.94 bits per heavy atom. The second kappa shape index (κ2) is 4.10. The molecule has 2 aromatic rings. The van der Waals surface area contributed by atoms with E-state index < -0.39 is 5.97 Å². The van der Waals surface area contributed by atoms with Gasteiger partial charge >= 0.3 is 5.97 Å². The maximum Gasteiger partial charge on any atom is 0.373 e. The van der Waals surface area contributed by atoms with Gasteiger partial charge in [0.15, 0.2) is 0 Å². The number of rotatable bonds is 2. The Bertz CT molecular complexity index is 524. The Balaban J connectivity index is 2.56. The van der Waals surface area contributed by atoms with Crippen LogP contribution in [-0.2, 0) is 0 Å². The number of benzene rings is 1. The first-order valence-electron chi connectivity index (χ1n) is 4.81. The molecule has 0 spiro atoms. The molecule has 0 unspecified atom stereocenters. The number of carboxylic acids is 1. The quantitative estimate of drug-likeness (QED) is 0.831. The van der Waals surface area contributed by atoms with Crippen LogP contribution in [0.3, 0.4) is 0 Å². The highest BCUT2D eigenvalue weighted by Gasteiger charge is 2.10. The van der Waals surface area contributed by atoms with Crippen molar-refractivity contribution in [3.05, 3.63) is 47.9 Å². The summed E-state index contributed by atoms with van der Waals surface area (Å²) in [5.74, 6) is -1.29. The summed E-state index contributed by atoms with van der Waals surface area (Å²) < 4.78 is 0. The van der Waals surface area contributed by atoms with Gasteiger partial charge in [0.05, 0.1) is 5.69 Å². The summed E-state index contributed by atoms with van der Waals surface area (Å²) in [5.41, 5.74) is 2.41. The van der Waals surface area contributed by atoms with Gasteiger partial charge in [0.1, 0.15) is 0 Å². The number of aromatic nitrogens is 2. The molecule has 16 heavy (non-hydrogen) atoms. The lowest BCUT2D eigenvalue weighted by Gasteiger charge is -2.04. The highest BCUT2D eigenvalue weighted by molar-refractivity contribution is 5.84. The van der Waals surface area contributed by atoms with Crippen molar-refractivity contribution >= 4 is 5.97 Å². The van der Waals surface area contributed by atoms with Gasteiger partial charge < -0.3 is 5.11 Å². The fourth-order valence-corrected chi connectivity index (χ4v) is 1.43. The molecule has 0 aliphatic rings. The summed E-state index contributed by atoms with van der Waals surface area (Å²) in [5, 5.41) is 8.82. The maximum absolute atomic E-state index is 10.8. The van der Waals surface area contributed by atoms with Crippen LogP contribution in [0.15, 0.2) is 36.5 Å². The van der Waals surface area contributed by atoms with Crippen LogP contribution in [0.4, 0.5) is 0 Å². The van der Waals surface area contributed by atoms with Crippen molar-refractivity contribution < 1.29 is 9.90 Å². The topological polar surface area (TPSA) is 63.1 Å². The second-order valence-electron chi connectivity index (χ2n) is 3.40. The lowest BCUT2D eigenvalue weighted by Crippen LogP contribution is -2.05. The highest BCUT2D eigenvalue weighted by atomic mass is 16.4. The van der Waals surface area contributed by atoms with E-state index in [-0.39, 0.29) is 5.82 Å². The first-order valence-corrected chi connectivity index (χ1v) is 4.81. The van der Waals surface area contributed by atoms with E-state index in [0.717, 1.165) is 11.1 Å². The number of carbonyl (C=O) groups is 1. The van der Waals surface area contributed by atoms with Gasteiger partial charge in [0.2, 0.25) is 5.82 Å². The van der Waals surface area contributed by atoms with Crippen molar-refractivity contribution in [3.8, 4) is 11.3 Å². The molecule has 1 N–H and O–H groups in total. The fraction of sp³-hybridized carbons (Fsp3) is 0.0833. The lowest BCUT2D eigenvalue weighted by atomic mass is 10.1. The number of hydrogen-bond donors (Lipinski definition) is 1. The van der Waals surface area contributed by atoms with Crippen LogP contribution in [0.25, 0.3) is 11.3 Å². The molecule has 0 fully saturated rings. The van der Waals surface area contributed by atoms with Gasteiger partial charge in [0.25, 0.3) is 0 Å². The van der Waals surface area contributed by atoms with Gasteiger partial charge in [-0.2, -0.15) is 0 Å². The predicted octanol–water partition coefficient (Wildman–Crippen LogP) is 2.15. The molecule has 1 aromatic carbocycles. The smallest absolute Gasteiger partial charge is 0.373 e. The summed E-state index contributed by atoms with van der Waals surface area (Å²) in [6.07, 6.45) is 1.53. The molecule has 0 radical (unpaired) electrons. The number of carboxylic acid groups (broad SMARTS) is 1. The van der Waals surface area contributed by atoms with Crippen LogP contribution in [-0.4, -0.2) is 21.0 Å². The minimum atomic E-state index is -1.11. The van der Waals surface area contributed by atoms with E-state index >= 15 is 0 Å². The van der Waals surface area contributed by atoms with Gasteiger partial charge in [-0.25, -0.2) is 14.8 Å². The third kappa shape index (κ3) is 1.91. The van der Waals surface area contributed by atoms with Crippen LogP contribution >= 0.6 is 0 Å². The van der Waals surface area contributed by atoms with Crippen molar-refractivity contribution in [1.29, 1.82) is 0 Å². The Hall–Kier alpha value is -2.23. The molecule has 0 saturated carbocycles. The molecule has 4 heteroatoms. The zero-order chi connectivity index (χ0) is 11.5. The summed E-state index contributed by atoms with van der Waals surface area (Å²) in [7, 11) is 0. The largest absolute Gasteiger partial charge is 0.475 e. The third-order valence-corrected chi connectivity index (χ3v) is 2.21. The summed E-state index contributed by atoms with van der Waals surface area (Å²) in [4.78, 5) is 18.6. The summed E-state index contributed by atoms with van der Waals surface area (Å²) in [6.45, 7) is 1.86. The Morgan fingerprint density at radius 3 is 2.56 bits per heavy atom. The number of aryl methyl sites for hydroxylation is 1. The van der Waals surface area contributed by atoms with Crippen LogP contribution in [0.5, 0.6) is 0 Å². The highest BCUT2D eigenvalue weighted by Crippen LogP contribution is 2.19. The Labute approximate surface area is 92.6 Å². The molecule has 2 rings (SSSR count). The number of nitrogens with zero attached hydrogens (tertiary/aromatic N) is 2. The molecule has 0 saturated heterocycles. The molecule has 1 heterocycles. The SMILES string of the molecule is Cc1cnc(C(=O)O)nc1-c1ccccc1. The fourth-order valence-electron chi connectivity index (χ4n) is 1.43. The average Bonchev–Trinajstić information content (AvgIpc) is 2.30. The zero-order valence-electron chi connectivity index (χ0n) is 8.71. The van der Waals surface area contributed by atoms with E-state index in [1.165, 1.54) is 6.20 Å². The third-order valence-electron chi connectivity index (χ3n) is 2.21. The minimum Gasteiger partial charge on any atom is -0.475 e. The maximum atomic E-state index is 10.8. The van der Waals surface area contributed by atoms with Crippen molar-refractivity contribution in [2.45, 2.75) is 6.92 Å². The van der Waals surface area contributed by atoms with Crippen LogP contribution in [0.1, 0.15) is 16.2 Å². The van der Waals surface area contributed by atoms with E-state index in [4.69, 9.17) is 5.11 Å². The molecular formula is C12H10N2O2. The molecule has 0 aliphatic carbocycles. The molecular weight excluding hydrogens is 204 g/mol. The summed E-state index contributed by atoms with van der Waals surface area (Å²) in [6, 6.07) is 9.45. The first-order chi connectivity index (χ1) is 7.68. The van der Waals surface area contributed by atoms with Crippen LogP contribution in [0.2, 0.25) is 0 Å². The van der Waals surface area contributed by atoms with Crippen LogP contribution < -0.4 is 0 Å². The lowest BCUT2D eigenvalue weighted by molar-refractivity contribution is 0.0683. The van der Waals surface area contributed by atoms with Gasteiger partial charge in [0, 0.05) is 11.8 Å². The normalized spacial score (nSPS) is 10.1. The van der Waals surface area contributed by atoms with E-state index in [1.54, 1.807) is 0 Å². The second-order valence-corrected chi connectivity index (χ2v) is 3.40. The van der Waals surface area contributed by atoms with Crippen molar-refractivity contribution in [1.82, 2.24) is 9.97 Å². The van der Waals surface area contributed by atoms with Gasteiger partial charge in [-0.15, -0.1) is 0 Å². The molecule has 0 aliphatic heterocycles. The monoisotopic (exact) mass is 214 g/mol. The molecule has 0 atom stereocenters. The van der Waals surface area contributed by atoms with Crippen molar-refractivity contribution in [3.63, 3.8) is 0 Å². The van der Waals surface area contributed by atoms with E-state index in [2.05, 4.69) is 9.97 Å². The molecule has 80 valence electrons. The first kappa shape index (κ1) is 10.3. The Kier molecular flexibility index (Phi) is 2.64. The predicted molar refractivity (Wildman–Crippen MR) is 59.2 cm³/mol. The Morgan fingerprint density at radius 1 is 1.25 bits per heavy atom. The van der Waals surface area contributed by atoms with Gasteiger partial charge in [-0.05, 0) is 12.5 Å². The van der Waals surface area contributed by atoms with E-state index in [1.807, 2.05) is 37.3 Å². The molecule has 0 bridgehead atoms. The van der Waals surface area contributed by atoms with Crippen LogP contribution in [0, 0.1) is 6.92 Å². The van der Waals surface area contributed by atoms with Gasteiger partial charge in [-0.3, -0.25) is 0 Å². The molecule has 4 nitrogen and oxygen atoms in total. The summed E-state index contributed by atoms with van der Waals surface area (Å²) >= 11 is 0. The average molecular weight is 214 g/mol.